The van der Waals surface area contributed by atoms with Crippen molar-refractivity contribution < 1.29 is 13.9 Å². The smallest absolute Gasteiger partial charge is 0.131 e. The van der Waals surface area contributed by atoms with Crippen molar-refractivity contribution in [3.63, 3.8) is 0 Å². The maximum atomic E-state index is 13.7. The molecule has 0 heterocycles. The summed E-state index contributed by atoms with van der Waals surface area (Å²) in [6, 6.07) is 10.1. The van der Waals surface area contributed by atoms with Gasteiger partial charge in [0.1, 0.15) is 23.9 Å². The van der Waals surface area contributed by atoms with E-state index < -0.39 is 0 Å². The molecule has 0 saturated carbocycles. The lowest BCUT2D eigenvalue weighted by Gasteiger charge is -2.12. The number of halogens is 3. The van der Waals surface area contributed by atoms with E-state index in [1.54, 1.807) is 25.3 Å². The monoisotopic (exact) mass is 358 g/mol. The van der Waals surface area contributed by atoms with Crippen molar-refractivity contribution in [2.75, 3.05) is 7.11 Å². The lowest BCUT2D eigenvalue weighted by atomic mass is 10.2. The number of alkyl halides is 1. The third kappa shape index (κ3) is 3.64. The Bertz CT molecular complexity index is 604. The molecule has 0 aliphatic rings. The van der Waals surface area contributed by atoms with Crippen molar-refractivity contribution in [2.45, 2.75) is 11.9 Å². The molecule has 0 unspecified atom stereocenters. The Balaban J connectivity index is 2.17. The third-order valence-electron chi connectivity index (χ3n) is 2.82. The molecule has 2 aromatic rings. The van der Waals surface area contributed by atoms with Gasteiger partial charge in [0.25, 0.3) is 0 Å². The van der Waals surface area contributed by atoms with Crippen LogP contribution in [-0.4, -0.2) is 7.11 Å². The molecule has 0 bridgehead atoms. The summed E-state index contributed by atoms with van der Waals surface area (Å²) in [7, 11) is 1.59. The fraction of sp³-hybridized carbons (Fsp3) is 0.200. The molecule has 20 heavy (non-hydrogen) atoms. The average molecular weight is 360 g/mol. The molecular formula is C15H13BrClFO2. The van der Waals surface area contributed by atoms with Gasteiger partial charge in [-0.25, -0.2) is 4.39 Å². The predicted octanol–water partition coefficient (Wildman–Crippen LogP) is 4.96. The van der Waals surface area contributed by atoms with E-state index in [0.717, 1.165) is 5.56 Å². The largest absolute Gasteiger partial charge is 0.497 e. The number of benzene rings is 2. The summed E-state index contributed by atoms with van der Waals surface area (Å²) >= 11 is 9.11. The fourth-order valence-electron chi connectivity index (χ4n) is 1.70. The second-order valence-electron chi connectivity index (χ2n) is 4.13. The Morgan fingerprint density at radius 2 is 1.90 bits per heavy atom. The Morgan fingerprint density at radius 3 is 2.55 bits per heavy atom. The first-order valence-electron chi connectivity index (χ1n) is 5.93. The zero-order valence-electron chi connectivity index (χ0n) is 10.8. The first-order valence-corrected chi connectivity index (χ1v) is 7.43. The molecule has 0 N–H and O–H groups in total. The molecule has 0 aliphatic heterocycles. The first-order chi connectivity index (χ1) is 9.63. The highest BCUT2D eigenvalue weighted by molar-refractivity contribution is 9.08. The van der Waals surface area contributed by atoms with Crippen LogP contribution in [-0.2, 0) is 11.9 Å². The average Bonchev–Trinajstić information content (AvgIpc) is 2.46. The van der Waals surface area contributed by atoms with Gasteiger partial charge in [-0.2, -0.15) is 0 Å². The molecular weight excluding hydrogens is 347 g/mol. The van der Waals surface area contributed by atoms with E-state index in [0.29, 0.717) is 27.4 Å². The van der Waals surface area contributed by atoms with Crippen molar-refractivity contribution in [1.29, 1.82) is 0 Å². The van der Waals surface area contributed by atoms with Gasteiger partial charge in [0.2, 0.25) is 0 Å². The van der Waals surface area contributed by atoms with Gasteiger partial charge in [-0.15, -0.1) is 0 Å². The molecule has 0 fully saturated rings. The van der Waals surface area contributed by atoms with E-state index in [1.165, 1.54) is 6.07 Å². The van der Waals surface area contributed by atoms with E-state index in [4.69, 9.17) is 21.1 Å². The van der Waals surface area contributed by atoms with Gasteiger partial charge in [-0.1, -0.05) is 39.7 Å². The van der Waals surface area contributed by atoms with Crippen molar-refractivity contribution in [2.24, 2.45) is 0 Å². The molecule has 0 aromatic heterocycles. The van der Waals surface area contributed by atoms with E-state index in [1.807, 2.05) is 12.1 Å². The van der Waals surface area contributed by atoms with Crippen LogP contribution in [0.3, 0.4) is 0 Å². The molecule has 0 amide bonds. The topological polar surface area (TPSA) is 18.5 Å². The quantitative estimate of drug-likeness (QED) is 0.702. The molecule has 106 valence electrons. The van der Waals surface area contributed by atoms with Crippen molar-refractivity contribution in [3.05, 3.63) is 58.4 Å². The summed E-state index contributed by atoms with van der Waals surface area (Å²) < 4.78 is 24.5. The third-order valence-corrected chi connectivity index (χ3v) is 3.66. The van der Waals surface area contributed by atoms with Gasteiger partial charge in [-0.3, -0.25) is 0 Å². The highest BCUT2D eigenvalue weighted by Crippen LogP contribution is 2.27. The molecule has 0 radical (unpaired) electrons. The SMILES string of the molecule is COc1ccc(CBr)c(OCc2ccc(Cl)cc2F)c1. The van der Waals surface area contributed by atoms with Crippen LogP contribution < -0.4 is 9.47 Å². The molecule has 0 saturated heterocycles. The van der Waals surface area contributed by atoms with Gasteiger partial charge < -0.3 is 9.47 Å². The number of hydrogen-bond acceptors (Lipinski definition) is 2. The summed E-state index contributed by atoms with van der Waals surface area (Å²) in [5, 5.41) is 1.02. The summed E-state index contributed by atoms with van der Waals surface area (Å²) in [5.74, 6) is 0.984. The van der Waals surface area contributed by atoms with Gasteiger partial charge >= 0.3 is 0 Å². The molecule has 0 aliphatic carbocycles. The van der Waals surface area contributed by atoms with Crippen LogP contribution in [0.15, 0.2) is 36.4 Å². The van der Waals surface area contributed by atoms with E-state index in [-0.39, 0.29) is 12.4 Å². The van der Waals surface area contributed by atoms with Crippen molar-refractivity contribution >= 4 is 27.5 Å². The summed E-state index contributed by atoms with van der Waals surface area (Å²) in [5.41, 5.74) is 1.43. The van der Waals surface area contributed by atoms with Gasteiger partial charge in [0.05, 0.1) is 7.11 Å². The minimum absolute atomic E-state index is 0.135. The van der Waals surface area contributed by atoms with Crippen LogP contribution in [0.4, 0.5) is 4.39 Å². The summed E-state index contributed by atoms with van der Waals surface area (Å²) in [4.78, 5) is 0. The molecule has 2 nitrogen and oxygen atoms in total. The first kappa shape index (κ1) is 15.1. The van der Waals surface area contributed by atoms with Crippen LogP contribution in [0.2, 0.25) is 5.02 Å². The number of ether oxygens (including phenoxy) is 2. The van der Waals surface area contributed by atoms with E-state index in [9.17, 15) is 4.39 Å². The van der Waals surface area contributed by atoms with Crippen molar-refractivity contribution in [1.82, 2.24) is 0 Å². The van der Waals surface area contributed by atoms with Crippen LogP contribution in [0.25, 0.3) is 0 Å². The normalized spacial score (nSPS) is 10.4. The number of hydrogen-bond donors (Lipinski definition) is 0. The molecule has 5 heteroatoms. The van der Waals surface area contributed by atoms with Crippen LogP contribution in [0.1, 0.15) is 11.1 Å². The highest BCUT2D eigenvalue weighted by Gasteiger charge is 2.08. The Labute approximate surface area is 130 Å². The molecule has 2 rings (SSSR count). The molecule has 0 atom stereocenters. The maximum absolute atomic E-state index is 13.7. The predicted molar refractivity (Wildman–Crippen MR) is 81.4 cm³/mol. The van der Waals surface area contributed by atoms with Crippen LogP contribution in [0, 0.1) is 5.82 Å². The highest BCUT2D eigenvalue weighted by atomic mass is 79.9. The Kier molecular flexibility index (Phi) is 5.26. The molecule has 2 aromatic carbocycles. The maximum Gasteiger partial charge on any atom is 0.131 e. The second-order valence-corrected chi connectivity index (χ2v) is 5.13. The minimum Gasteiger partial charge on any atom is -0.497 e. The van der Waals surface area contributed by atoms with Gasteiger partial charge in [0, 0.05) is 27.5 Å². The zero-order valence-corrected chi connectivity index (χ0v) is 13.2. The van der Waals surface area contributed by atoms with Crippen LogP contribution >= 0.6 is 27.5 Å². The zero-order chi connectivity index (χ0) is 14.5. The minimum atomic E-state index is -0.374. The van der Waals surface area contributed by atoms with Crippen molar-refractivity contribution in [3.8, 4) is 11.5 Å². The number of rotatable bonds is 5. The van der Waals surface area contributed by atoms with Gasteiger partial charge in [0.15, 0.2) is 0 Å². The van der Waals surface area contributed by atoms with Gasteiger partial charge in [-0.05, 0) is 18.2 Å². The number of methoxy groups -OCH3 is 1. The fourth-order valence-corrected chi connectivity index (χ4v) is 2.32. The summed E-state index contributed by atoms with van der Waals surface area (Å²) in [6.45, 7) is 0.135. The Morgan fingerprint density at radius 1 is 1.15 bits per heavy atom. The lowest BCUT2D eigenvalue weighted by molar-refractivity contribution is 0.295. The van der Waals surface area contributed by atoms with Crippen LogP contribution in [0.5, 0.6) is 11.5 Å². The second kappa shape index (κ2) is 6.95. The standard InChI is InChI=1S/C15H13BrClFO2/c1-19-13-5-3-10(8-16)15(7-13)20-9-11-2-4-12(17)6-14(11)18/h2-7H,8-9H2,1H3. The molecule has 0 spiro atoms. The summed E-state index contributed by atoms with van der Waals surface area (Å²) in [6.07, 6.45) is 0. The van der Waals surface area contributed by atoms with E-state index in [2.05, 4.69) is 15.9 Å². The van der Waals surface area contributed by atoms with E-state index >= 15 is 0 Å². The Hall–Kier alpha value is -1.26. The lowest BCUT2D eigenvalue weighted by Crippen LogP contribution is -2.00.